The van der Waals surface area contributed by atoms with Crippen molar-refractivity contribution in [1.29, 1.82) is 0 Å². The van der Waals surface area contributed by atoms with E-state index in [1.165, 1.54) is 18.2 Å². The van der Waals surface area contributed by atoms with Crippen molar-refractivity contribution in [2.75, 3.05) is 12.4 Å². The van der Waals surface area contributed by atoms with Gasteiger partial charge in [0.25, 0.3) is 0 Å². The van der Waals surface area contributed by atoms with Gasteiger partial charge >= 0.3 is 42.6 Å². The van der Waals surface area contributed by atoms with Crippen LogP contribution in [0, 0.1) is 5.92 Å². The third-order valence-corrected chi connectivity index (χ3v) is 8.24. The molecule has 0 aliphatic heterocycles. The Hall–Kier alpha value is -2.24. The van der Waals surface area contributed by atoms with Crippen molar-refractivity contribution in [2.24, 2.45) is 5.92 Å². The molecule has 0 fully saturated rings. The number of carbonyl (C=O) groups is 1. The molecule has 208 valence electrons. The van der Waals surface area contributed by atoms with E-state index in [2.05, 4.69) is 4.18 Å². The van der Waals surface area contributed by atoms with Crippen molar-refractivity contribution in [2.45, 2.75) is 41.6 Å². The highest BCUT2D eigenvalue weighted by atomic mass is 32.2. The van der Waals surface area contributed by atoms with Gasteiger partial charge in [0.2, 0.25) is 0 Å². The van der Waals surface area contributed by atoms with E-state index in [-0.39, 0.29) is 29.1 Å². The minimum atomic E-state index is -7.16. The molecule has 0 amide bonds. The molecule has 0 spiro atoms. The van der Waals surface area contributed by atoms with Crippen LogP contribution >= 0.6 is 11.8 Å². The van der Waals surface area contributed by atoms with E-state index in [4.69, 9.17) is 9.29 Å². The third kappa shape index (κ3) is 5.93. The van der Waals surface area contributed by atoms with Crippen LogP contribution in [-0.2, 0) is 29.8 Å². The lowest BCUT2D eigenvalue weighted by Crippen LogP contribution is -2.61. The summed E-state index contributed by atoms with van der Waals surface area (Å²) in [5.41, 5.74) is 0. The van der Waals surface area contributed by atoms with E-state index < -0.39 is 48.4 Å². The Bertz CT molecular complexity index is 1360. The molecule has 2 aromatic rings. The lowest BCUT2D eigenvalue weighted by Gasteiger charge is -2.29. The molecular weight excluding hydrogens is 578 g/mol. The molecule has 1 atom stereocenters. The fraction of sp³-hybridized carbons (Fsp3) is 0.450. The molecule has 0 heterocycles. The van der Waals surface area contributed by atoms with Crippen LogP contribution in [0.3, 0.4) is 0 Å². The number of alkyl halides is 6. The second kappa shape index (κ2) is 10.9. The number of fused-ring (bicyclic) bond motifs is 1. The van der Waals surface area contributed by atoms with Crippen LogP contribution in [0.1, 0.15) is 20.3 Å². The molecule has 0 bridgehead atoms. The maximum absolute atomic E-state index is 14.2. The van der Waals surface area contributed by atoms with E-state index in [1.54, 1.807) is 13.8 Å². The highest BCUT2D eigenvalue weighted by molar-refractivity contribution is 7.99. The number of thioether (sulfide) groups is 1. The molecule has 17 heteroatoms. The highest BCUT2D eigenvalue weighted by Crippen LogP contribution is 2.51. The van der Waals surface area contributed by atoms with Gasteiger partial charge in [-0.2, -0.15) is 43.2 Å². The van der Waals surface area contributed by atoms with Gasteiger partial charge in [-0.05, 0) is 23.9 Å². The summed E-state index contributed by atoms with van der Waals surface area (Å²) in [4.78, 5) is 12.1. The zero-order valence-corrected chi connectivity index (χ0v) is 21.4. The standard InChI is InChI=1S/C20H20F6O8S3/c1-3-12(2)17(27)33-10-11-35-16-9-8-15(13-6-4-5-7-14(13)16)34-37(31,32)20(25,26)18(21,22)19(23,24)36(28,29)30/h4-9,12H,3,10-11H2,1-2H3,(H,28,29,30). The fourth-order valence-electron chi connectivity index (χ4n) is 2.70. The van der Waals surface area contributed by atoms with Gasteiger partial charge in [0.05, 0.1) is 5.92 Å². The van der Waals surface area contributed by atoms with E-state index in [0.717, 1.165) is 30.0 Å². The number of halogens is 6. The van der Waals surface area contributed by atoms with Gasteiger partial charge < -0.3 is 8.92 Å². The smallest absolute Gasteiger partial charge is 0.450 e. The molecule has 1 unspecified atom stereocenters. The number of hydrogen-bond acceptors (Lipinski definition) is 8. The predicted molar refractivity (Wildman–Crippen MR) is 121 cm³/mol. The summed E-state index contributed by atoms with van der Waals surface area (Å²) in [6, 6.07) is 7.28. The maximum atomic E-state index is 14.2. The summed E-state index contributed by atoms with van der Waals surface area (Å²) in [6.07, 6.45) is 0.569. The lowest BCUT2D eigenvalue weighted by molar-refractivity contribution is -0.247. The summed E-state index contributed by atoms with van der Waals surface area (Å²) in [5.74, 6) is -8.58. The Labute approximate surface area is 212 Å². The first kappa shape index (κ1) is 31.0. The van der Waals surface area contributed by atoms with Crippen LogP contribution in [0.25, 0.3) is 10.8 Å². The first-order chi connectivity index (χ1) is 16.8. The van der Waals surface area contributed by atoms with Crippen LogP contribution in [0.15, 0.2) is 41.3 Å². The Morgan fingerprint density at radius 3 is 2.08 bits per heavy atom. The molecule has 37 heavy (non-hydrogen) atoms. The van der Waals surface area contributed by atoms with Crippen molar-refractivity contribution < 1.29 is 61.4 Å². The van der Waals surface area contributed by atoms with Crippen molar-refractivity contribution in [3.8, 4) is 5.75 Å². The number of esters is 1. The number of ether oxygens (including phenoxy) is 1. The predicted octanol–water partition coefficient (Wildman–Crippen LogP) is 4.94. The van der Waals surface area contributed by atoms with Crippen molar-refractivity contribution in [1.82, 2.24) is 0 Å². The molecule has 0 aromatic heterocycles. The van der Waals surface area contributed by atoms with Crippen molar-refractivity contribution >= 4 is 48.7 Å². The Kier molecular flexibility index (Phi) is 9.09. The monoisotopic (exact) mass is 598 g/mol. The summed E-state index contributed by atoms with van der Waals surface area (Å²) < 4.78 is 145. The van der Waals surface area contributed by atoms with E-state index in [9.17, 15) is 48.0 Å². The highest BCUT2D eigenvalue weighted by Gasteiger charge is 2.83. The number of carbonyl (C=O) groups excluding carboxylic acids is 1. The van der Waals surface area contributed by atoms with Crippen LogP contribution in [0.2, 0.25) is 0 Å². The summed E-state index contributed by atoms with van der Waals surface area (Å²) >= 11 is 1.11. The quantitative estimate of drug-likeness (QED) is 0.0904. The number of hydrogen-bond donors (Lipinski definition) is 1. The van der Waals surface area contributed by atoms with E-state index in [0.29, 0.717) is 11.3 Å². The molecule has 0 radical (unpaired) electrons. The zero-order chi connectivity index (χ0) is 28.4. The molecular formula is C20H20F6O8S3. The summed E-state index contributed by atoms with van der Waals surface area (Å²) in [6.45, 7) is 3.48. The molecule has 0 saturated carbocycles. The Balaban J connectivity index is 2.36. The van der Waals surface area contributed by atoms with Crippen LogP contribution in [0.4, 0.5) is 26.3 Å². The fourth-order valence-corrected chi connectivity index (χ4v) is 5.03. The normalized spacial score (nSPS) is 14.4. The van der Waals surface area contributed by atoms with Crippen LogP contribution in [-0.4, -0.2) is 56.1 Å². The maximum Gasteiger partial charge on any atom is 0.450 e. The second-order valence-electron chi connectivity index (χ2n) is 7.55. The average molecular weight is 599 g/mol. The summed E-state index contributed by atoms with van der Waals surface area (Å²) in [5, 5.41) is -13.7. The largest absolute Gasteiger partial charge is 0.465 e. The molecule has 0 aliphatic carbocycles. The van der Waals surface area contributed by atoms with Gasteiger partial charge in [0.15, 0.2) is 5.75 Å². The SMILES string of the molecule is CCC(C)C(=O)OCCSc1ccc(OS(=O)(=O)C(F)(F)C(F)(F)C(F)(F)S(=O)(=O)O)c2ccccc12. The molecule has 1 N–H and O–H groups in total. The van der Waals surface area contributed by atoms with Gasteiger partial charge in [0, 0.05) is 16.0 Å². The molecule has 2 rings (SSSR count). The Morgan fingerprint density at radius 1 is 0.973 bits per heavy atom. The van der Waals surface area contributed by atoms with Gasteiger partial charge in [-0.1, -0.05) is 38.1 Å². The molecule has 8 nitrogen and oxygen atoms in total. The van der Waals surface area contributed by atoms with Gasteiger partial charge in [0.1, 0.15) is 6.61 Å². The van der Waals surface area contributed by atoms with Crippen molar-refractivity contribution in [3.63, 3.8) is 0 Å². The Morgan fingerprint density at radius 2 is 1.54 bits per heavy atom. The van der Waals surface area contributed by atoms with E-state index in [1.807, 2.05) is 0 Å². The second-order valence-corrected chi connectivity index (χ2v) is 11.7. The van der Waals surface area contributed by atoms with Crippen LogP contribution < -0.4 is 4.18 Å². The molecule has 2 aromatic carbocycles. The van der Waals surface area contributed by atoms with Gasteiger partial charge in [-0.25, -0.2) is 0 Å². The summed E-state index contributed by atoms with van der Waals surface area (Å²) in [7, 11) is -14.1. The van der Waals surface area contributed by atoms with Gasteiger partial charge in [-0.15, -0.1) is 11.8 Å². The van der Waals surface area contributed by atoms with Crippen molar-refractivity contribution in [3.05, 3.63) is 36.4 Å². The zero-order valence-electron chi connectivity index (χ0n) is 19.0. The van der Waals surface area contributed by atoms with Gasteiger partial charge in [-0.3, -0.25) is 9.35 Å². The number of rotatable bonds is 12. The lowest BCUT2D eigenvalue weighted by atomic mass is 10.1. The van der Waals surface area contributed by atoms with Crippen LogP contribution in [0.5, 0.6) is 5.75 Å². The topological polar surface area (TPSA) is 124 Å². The first-order valence-electron chi connectivity index (χ1n) is 10.2. The average Bonchev–Trinajstić information content (AvgIpc) is 2.80. The minimum absolute atomic E-state index is 0.00191. The minimum Gasteiger partial charge on any atom is -0.465 e. The molecule has 0 saturated heterocycles. The number of benzene rings is 2. The first-order valence-corrected chi connectivity index (χ1v) is 14.0. The molecule has 0 aliphatic rings. The third-order valence-electron chi connectivity index (χ3n) is 5.01. The van der Waals surface area contributed by atoms with E-state index >= 15 is 0 Å².